The van der Waals surface area contributed by atoms with Crippen LogP contribution in [0.25, 0.3) is 0 Å². The Morgan fingerprint density at radius 3 is 2.25 bits per heavy atom. The summed E-state index contributed by atoms with van der Waals surface area (Å²) in [5, 5.41) is 3.09. The molecule has 0 aromatic heterocycles. The van der Waals surface area contributed by atoms with Crippen molar-refractivity contribution in [1.82, 2.24) is 10.2 Å². The average molecular weight is 296 g/mol. The Morgan fingerprint density at radius 2 is 1.85 bits per heavy atom. The second-order valence-corrected chi connectivity index (χ2v) is 7.34. The number of carbonyl (C=O) groups is 1. The number of nitrogens with zero attached hydrogens (tertiary/aromatic N) is 1. The number of amides is 1. The van der Waals surface area contributed by atoms with E-state index in [2.05, 4.69) is 5.32 Å². The molecule has 1 aromatic carbocycles. The molecule has 1 aliphatic rings. The lowest BCUT2D eigenvalue weighted by Crippen LogP contribution is -2.51. The van der Waals surface area contributed by atoms with Crippen molar-refractivity contribution in [3.8, 4) is 0 Å². The zero-order chi connectivity index (χ0) is 14.9. The first-order valence-corrected chi connectivity index (χ1v) is 8.47. The van der Waals surface area contributed by atoms with Crippen LogP contribution in [0.15, 0.2) is 29.2 Å². The normalized spacial score (nSPS) is 17.4. The predicted molar refractivity (Wildman–Crippen MR) is 77.1 cm³/mol. The molecular weight excluding hydrogens is 276 g/mol. The van der Waals surface area contributed by atoms with Crippen molar-refractivity contribution in [3.05, 3.63) is 29.8 Å². The second kappa shape index (κ2) is 5.54. The minimum absolute atomic E-state index is 0.0674. The Labute approximate surface area is 119 Å². The van der Waals surface area contributed by atoms with Gasteiger partial charge in [0.15, 0.2) is 9.84 Å². The molecule has 1 atom stereocenters. The van der Waals surface area contributed by atoms with Gasteiger partial charge in [-0.3, -0.25) is 4.79 Å². The molecule has 1 saturated heterocycles. The molecule has 1 aromatic rings. The van der Waals surface area contributed by atoms with E-state index >= 15 is 0 Å². The van der Waals surface area contributed by atoms with Gasteiger partial charge in [-0.25, -0.2) is 8.42 Å². The van der Waals surface area contributed by atoms with E-state index in [-0.39, 0.29) is 17.9 Å². The van der Waals surface area contributed by atoms with Gasteiger partial charge in [0.2, 0.25) is 5.91 Å². The van der Waals surface area contributed by atoms with Crippen LogP contribution in [-0.2, 0) is 14.6 Å². The second-order valence-electron chi connectivity index (χ2n) is 5.32. The Kier molecular flexibility index (Phi) is 4.15. The summed E-state index contributed by atoms with van der Waals surface area (Å²) < 4.78 is 22.8. The van der Waals surface area contributed by atoms with Gasteiger partial charge in [-0.2, -0.15) is 0 Å². The van der Waals surface area contributed by atoms with Crippen LogP contribution >= 0.6 is 0 Å². The molecule has 1 N–H and O–H groups in total. The van der Waals surface area contributed by atoms with Gasteiger partial charge in [0, 0.05) is 26.4 Å². The molecule has 0 spiro atoms. The molecule has 1 fully saturated rings. The lowest BCUT2D eigenvalue weighted by atomic mass is 9.99. The van der Waals surface area contributed by atoms with Gasteiger partial charge in [-0.05, 0) is 24.6 Å². The van der Waals surface area contributed by atoms with E-state index in [1.807, 2.05) is 6.92 Å². The highest BCUT2D eigenvalue weighted by Crippen LogP contribution is 2.23. The monoisotopic (exact) mass is 296 g/mol. The van der Waals surface area contributed by atoms with Gasteiger partial charge in [-0.1, -0.05) is 12.1 Å². The molecule has 2 rings (SSSR count). The molecular formula is C14H20N2O3S. The first-order valence-electron chi connectivity index (χ1n) is 6.58. The summed E-state index contributed by atoms with van der Waals surface area (Å²) in [6.45, 7) is 3.42. The van der Waals surface area contributed by atoms with Gasteiger partial charge < -0.3 is 10.2 Å². The fourth-order valence-electron chi connectivity index (χ4n) is 2.16. The summed E-state index contributed by atoms with van der Waals surface area (Å²) in [4.78, 5) is 14.2. The highest BCUT2D eigenvalue weighted by Gasteiger charge is 2.29. The number of sulfone groups is 1. The lowest BCUT2D eigenvalue weighted by Gasteiger charge is -2.33. The summed E-state index contributed by atoms with van der Waals surface area (Å²) in [6.07, 6.45) is 1.19. The number of carbonyl (C=O) groups excluding carboxylic acids is 1. The van der Waals surface area contributed by atoms with Gasteiger partial charge in [0.1, 0.15) is 0 Å². The standard InChI is InChI=1S/C14H20N2O3S/c1-10(16(2)14(17)12-8-15-9-12)11-4-6-13(7-5-11)20(3,18)19/h4-7,10,12,15H,8-9H2,1-3H3. The van der Waals surface area contributed by atoms with Crippen LogP contribution in [0.2, 0.25) is 0 Å². The first-order chi connectivity index (χ1) is 9.30. The van der Waals surface area contributed by atoms with Gasteiger partial charge in [0.05, 0.1) is 16.9 Å². The van der Waals surface area contributed by atoms with Crippen LogP contribution in [0.1, 0.15) is 18.5 Å². The maximum Gasteiger partial charge on any atom is 0.228 e. The number of benzene rings is 1. The van der Waals surface area contributed by atoms with Crippen LogP contribution in [0, 0.1) is 5.92 Å². The minimum Gasteiger partial charge on any atom is -0.339 e. The minimum atomic E-state index is -3.18. The van der Waals surface area contributed by atoms with Crippen molar-refractivity contribution in [1.29, 1.82) is 0 Å². The molecule has 1 amide bonds. The third kappa shape index (κ3) is 3.02. The number of hydrogen-bond donors (Lipinski definition) is 1. The number of nitrogens with one attached hydrogen (secondary N) is 1. The van der Waals surface area contributed by atoms with Crippen LogP contribution < -0.4 is 5.32 Å². The van der Waals surface area contributed by atoms with Crippen molar-refractivity contribution >= 4 is 15.7 Å². The summed E-state index contributed by atoms with van der Waals surface area (Å²) >= 11 is 0. The Morgan fingerprint density at radius 1 is 1.30 bits per heavy atom. The van der Waals surface area contributed by atoms with E-state index in [1.54, 1.807) is 36.2 Å². The Balaban J connectivity index is 2.12. The molecule has 1 heterocycles. The zero-order valence-corrected chi connectivity index (χ0v) is 12.8. The third-order valence-corrected chi connectivity index (χ3v) is 4.98. The van der Waals surface area contributed by atoms with Crippen LogP contribution in [-0.4, -0.2) is 45.6 Å². The first kappa shape index (κ1) is 15.0. The number of hydrogen-bond acceptors (Lipinski definition) is 4. The Bertz CT molecular complexity index is 591. The maximum absolute atomic E-state index is 12.2. The van der Waals surface area contributed by atoms with Gasteiger partial charge >= 0.3 is 0 Å². The van der Waals surface area contributed by atoms with E-state index in [4.69, 9.17) is 0 Å². The SMILES string of the molecule is CC(c1ccc(S(C)(=O)=O)cc1)N(C)C(=O)C1CNC1. The topological polar surface area (TPSA) is 66.5 Å². The maximum atomic E-state index is 12.2. The quantitative estimate of drug-likeness (QED) is 0.893. The van der Waals surface area contributed by atoms with E-state index in [1.165, 1.54) is 6.26 Å². The molecule has 6 heteroatoms. The average Bonchev–Trinajstić information content (AvgIpc) is 2.34. The molecule has 0 bridgehead atoms. The van der Waals surface area contributed by atoms with Crippen molar-refractivity contribution in [2.45, 2.75) is 17.9 Å². The van der Waals surface area contributed by atoms with Crippen LogP contribution in [0.3, 0.4) is 0 Å². The molecule has 20 heavy (non-hydrogen) atoms. The van der Waals surface area contributed by atoms with Gasteiger partial charge in [-0.15, -0.1) is 0 Å². The molecule has 5 nitrogen and oxygen atoms in total. The molecule has 1 unspecified atom stereocenters. The van der Waals surface area contributed by atoms with E-state index < -0.39 is 9.84 Å². The van der Waals surface area contributed by atoms with Crippen molar-refractivity contribution in [2.75, 3.05) is 26.4 Å². The molecule has 0 radical (unpaired) electrons. The molecule has 0 saturated carbocycles. The smallest absolute Gasteiger partial charge is 0.228 e. The predicted octanol–water partition coefficient (Wildman–Crippen LogP) is 0.829. The zero-order valence-electron chi connectivity index (χ0n) is 12.0. The van der Waals surface area contributed by atoms with Crippen LogP contribution in [0.4, 0.5) is 0 Å². The fourth-order valence-corrected chi connectivity index (χ4v) is 2.79. The highest BCUT2D eigenvalue weighted by atomic mass is 32.2. The summed E-state index contributed by atoms with van der Waals surface area (Å²) in [7, 11) is -1.39. The van der Waals surface area contributed by atoms with Crippen molar-refractivity contribution in [3.63, 3.8) is 0 Å². The van der Waals surface area contributed by atoms with E-state index in [0.29, 0.717) is 4.90 Å². The number of rotatable bonds is 4. The van der Waals surface area contributed by atoms with Crippen LogP contribution in [0.5, 0.6) is 0 Å². The van der Waals surface area contributed by atoms with E-state index in [9.17, 15) is 13.2 Å². The molecule has 1 aliphatic heterocycles. The highest BCUT2D eigenvalue weighted by molar-refractivity contribution is 7.90. The summed E-state index contributed by atoms with van der Waals surface area (Å²) in [5.41, 5.74) is 0.931. The third-order valence-electron chi connectivity index (χ3n) is 3.85. The lowest BCUT2D eigenvalue weighted by molar-refractivity contribution is -0.137. The molecule has 110 valence electrons. The Hall–Kier alpha value is -1.40. The van der Waals surface area contributed by atoms with Gasteiger partial charge in [0.25, 0.3) is 0 Å². The molecule has 0 aliphatic carbocycles. The van der Waals surface area contributed by atoms with E-state index in [0.717, 1.165) is 18.7 Å². The summed E-state index contributed by atoms with van der Waals surface area (Å²) in [6, 6.07) is 6.64. The van der Waals surface area contributed by atoms with Crippen molar-refractivity contribution in [2.24, 2.45) is 5.92 Å². The fraction of sp³-hybridized carbons (Fsp3) is 0.500. The largest absolute Gasteiger partial charge is 0.339 e. The summed E-state index contributed by atoms with van der Waals surface area (Å²) in [5.74, 6) is 0.196. The van der Waals surface area contributed by atoms with Crippen molar-refractivity contribution < 1.29 is 13.2 Å².